The molecule has 0 radical (unpaired) electrons. The van der Waals surface area contributed by atoms with Gasteiger partial charge in [0.1, 0.15) is 0 Å². The lowest BCUT2D eigenvalue weighted by atomic mass is 9.98. The first-order valence-electron chi connectivity index (χ1n) is 10.2. The Hall–Kier alpha value is -1.93. The van der Waals surface area contributed by atoms with Gasteiger partial charge in [0, 0.05) is 31.5 Å². The van der Waals surface area contributed by atoms with Crippen LogP contribution in [0.4, 0.5) is 0 Å². The third kappa shape index (κ3) is 9.41. The van der Waals surface area contributed by atoms with Crippen molar-refractivity contribution in [3.05, 3.63) is 58.8 Å². The highest BCUT2D eigenvalue weighted by Crippen LogP contribution is 2.23. The first-order chi connectivity index (χ1) is 13.9. The number of nitrogens with zero attached hydrogens (tertiary/aromatic N) is 1. The molecular weight excluding hydrogens is 392 g/mol. The fourth-order valence-corrected chi connectivity index (χ4v) is 3.72. The minimum absolute atomic E-state index is 0.0532. The van der Waals surface area contributed by atoms with Gasteiger partial charge in [-0.2, -0.15) is 11.3 Å². The number of hydrogen-bond acceptors (Lipinski definition) is 3. The summed E-state index contributed by atoms with van der Waals surface area (Å²) in [5.74, 6) is 6.35. The van der Waals surface area contributed by atoms with E-state index in [0.29, 0.717) is 0 Å². The van der Waals surface area contributed by atoms with Crippen LogP contribution in [0.2, 0.25) is 0 Å². The van der Waals surface area contributed by atoms with Gasteiger partial charge in [-0.1, -0.05) is 61.3 Å². The Morgan fingerprint density at radius 2 is 2.07 bits per heavy atom. The summed E-state index contributed by atoms with van der Waals surface area (Å²) in [7, 11) is 0. The van der Waals surface area contributed by atoms with Crippen molar-refractivity contribution in [3.8, 4) is 23.0 Å². The van der Waals surface area contributed by atoms with E-state index in [1.54, 1.807) is 11.3 Å². The molecule has 2 nitrogen and oxygen atoms in total. The highest BCUT2D eigenvalue weighted by molar-refractivity contribution is 7.80. The number of benzene rings is 1. The van der Waals surface area contributed by atoms with Gasteiger partial charge in [0.05, 0.1) is 4.99 Å². The molecule has 2 rings (SSSR count). The third-order valence-electron chi connectivity index (χ3n) is 4.36. The van der Waals surface area contributed by atoms with E-state index in [4.69, 9.17) is 12.2 Å². The summed E-state index contributed by atoms with van der Waals surface area (Å²) in [5.41, 5.74) is 3.83. The van der Waals surface area contributed by atoms with E-state index >= 15 is 0 Å². The third-order valence-corrected chi connectivity index (χ3v) is 5.33. The summed E-state index contributed by atoms with van der Waals surface area (Å²) in [6.07, 6.45) is 4.88. The quantitative estimate of drug-likeness (QED) is 0.404. The van der Waals surface area contributed by atoms with Crippen molar-refractivity contribution in [3.63, 3.8) is 0 Å². The summed E-state index contributed by atoms with van der Waals surface area (Å²) < 4.78 is 0. The Bertz CT molecular complexity index is 849. The van der Waals surface area contributed by atoms with E-state index in [1.165, 1.54) is 16.7 Å². The van der Waals surface area contributed by atoms with E-state index in [-0.39, 0.29) is 5.41 Å². The first kappa shape index (κ1) is 23.3. The second-order valence-electron chi connectivity index (χ2n) is 8.05. The van der Waals surface area contributed by atoms with Crippen molar-refractivity contribution < 1.29 is 0 Å². The molecule has 0 saturated heterocycles. The SMILES string of the molecule is CCN(CC=CC#CC(C)(C)C)CCNC(=S)Cc1cccc(-c2ccsc2)c1. The lowest BCUT2D eigenvalue weighted by molar-refractivity contribution is 0.324. The van der Waals surface area contributed by atoms with Crippen molar-refractivity contribution in [2.75, 3.05) is 26.2 Å². The van der Waals surface area contributed by atoms with Gasteiger partial charge in [-0.15, -0.1) is 0 Å². The number of rotatable bonds is 9. The molecule has 0 atom stereocenters. The predicted molar refractivity (Wildman–Crippen MR) is 133 cm³/mol. The molecular formula is C25H32N2S2. The first-order valence-corrected chi connectivity index (χ1v) is 11.5. The van der Waals surface area contributed by atoms with Crippen LogP contribution in [0, 0.1) is 17.3 Å². The van der Waals surface area contributed by atoms with Crippen LogP contribution in [0.25, 0.3) is 11.1 Å². The van der Waals surface area contributed by atoms with Gasteiger partial charge < -0.3 is 5.32 Å². The zero-order chi connectivity index (χ0) is 21.1. The monoisotopic (exact) mass is 424 g/mol. The fourth-order valence-electron chi connectivity index (χ4n) is 2.79. The van der Waals surface area contributed by atoms with Gasteiger partial charge in [-0.3, -0.25) is 4.90 Å². The summed E-state index contributed by atoms with van der Waals surface area (Å²) in [4.78, 5) is 3.28. The van der Waals surface area contributed by atoms with Crippen molar-refractivity contribution in [1.82, 2.24) is 10.2 Å². The zero-order valence-electron chi connectivity index (χ0n) is 18.0. The van der Waals surface area contributed by atoms with E-state index < -0.39 is 0 Å². The molecule has 0 aliphatic carbocycles. The molecule has 0 fully saturated rings. The van der Waals surface area contributed by atoms with Gasteiger partial charge in [0.25, 0.3) is 0 Å². The lowest BCUT2D eigenvalue weighted by Gasteiger charge is -2.19. The molecule has 2 aromatic rings. The average Bonchev–Trinajstić information content (AvgIpc) is 3.20. The van der Waals surface area contributed by atoms with Gasteiger partial charge in [0.15, 0.2) is 0 Å². The molecule has 0 aliphatic rings. The predicted octanol–water partition coefficient (Wildman–Crippen LogP) is 5.80. The normalized spacial score (nSPS) is 11.5. The molecule has 4 heteroatoms. The summed E-state index contributed by atoms with van der Waals surface area (Å²) in [5, 5.41) is 7.70. The topological polar surface area (TPSA) is 15.3 Å². The van der Waals surface area contributed by atoms with Gasteiger partial charge in [-0.05, 0) is 66.9 Å². The Labute approximate surface area is 186 Å². The van der Waals surface area contributed by atoms with Gasteiger partial charge in [0.2, 0.25) is 0 Å². The fraction of sp³-hybridized carbons (Fsp3) is 0.400. The van der Waals surface area contributed by atoms with Crippen LogP contribution in [-0.4, -0.2) is 36.1 Å². The van der Waals surface area contributed by atoms with Crippen molar-refractivity contribution in [2.45, 2.75) is 34.1 Å². The minimum atomic E-state index is 0.0532. The van der Waals surface area contributed by atoms with Crippen LogP contribution in [0.15, 0.2) is 53.2 Å². The van der Waals surface area contributed by atoms with E-state index in [2.05, 4.69) is 96.9 Å². The van der Waals surface area contributed by atoms with Crippen molar-refractivity contribution >= 4 is 28.5 Å². The van der Waals surface area contributed by atoms with Crippen LogP contribution in [0.3, 0.4) is 0 Å². The molecule has 0 saturated carbocycles. The van der Waals surface area contributed by atoms with E-state index in [9.17, 15) is 0 Å². The summed E-state index contributed by atoms with van der Waals surface area (Å²) >= 11 is 7.29. The average molecular weight is 425 g/mol. The van der Waals surface area contributed by atoms with Crippen LogP contribution in [-0.2, 0) is 6.42 Å². The molecule has 1 aromatic heterocycles. The molecule has 1 heterocycles. The van der Waals surface area contributed by atoms with Gasteiger partial charge in [-0.25, -0.2) is 0 Å². The molecule has 0 bridgehead atoms. The maximum atomic E-state index is 5.56. The van der Waals surface area contributed by atoms with Gasteiger partial charge >= 0.3 is 0 Å². The van der Waals surface area contributed by atoms with E-state index in [0.717, 1.165) is 37.6 Å². The number of allylic oxidation sites excluding steroid dienone is 1. The number of thiophene rings is 1. The molecule has 0 unspecified atom stereocenters. The molecule has 0 aliphatic heterocycles. The van der Waals surface area contributed by atoms with E-state index in [1.807, 2.05) is 6.08 Å². The largest absolute Gasteiger partial charge is 0.378 e. The molecule has 1 N–H and O–H groups in total. The highest BCUT2D eigenvalue weighted by atomic mass is 32.1. The summed E-state index contributed by atoms with van der Waals surface area (Å²) in [6, 6.07) is 10.8. The molecule has 1 aromatic carbocycles. The molecule has 0 spiro atoms. The van der Waals surface area contributed by atoms with Crippen LogP contribution in [0.5, 0.6) is 0 Å². The Morgan fingerprint density at radius 3 is 2.76 bits per heavy atom. The molecule has 154 valence electrons. The molecule has 0 amide bonds. The van der Waals surface area contributed by atoms with Crippen LogP contribution >= 0.6 is 23.6 Å². The standard InChI is InChI=1S/C25H32N2S2/c1-5-27(15-8-6-7-13-25(2,3)4)16-14-26-24(28)19-21-10-9-11-22(18-21)23-12-17-29-20-23/h6,8-12,17-18,20H,5,14-16,19H2,1-4H3,(H,26,28). The zero-order valence-corrected chi connectivity index (χ0v) is 19.6. The minimum Gasteiger partial charge on any atom is -0.378 e. The lowest BCUT2D eigenvalue weighted by Crippen LogP contribution is -2.35. The van der Waals surface area contributed by atoms with Crippen molar-refractivity contribution in [1.29, 1.82) is 0 Å². The maximum Gasteiger partial charge on any atom is 0.0798 e. The second kappa shape index (κ2) is 11.9. The number of hydrogen-bond donors (Lipinski definition) is 1. The Balaban J connectivity index is 1.75. The second-order valence-corrected chi connectivity index (χ2v) is 9.33. The van der Waals surface area contributed by atoms with Crippen LogP contribution < -0.4 is 5.32 Å². The number of thiocarbonyl (C=S) groups is 1. The summed E-state index contributed by atoms with van der Waals surface area (Å²) in [6.45, 7) is 12.3. The number of nitrogens with one attached hydrogen (secondary N) is 1. The Morgan fingerprint density at radius 1 is 1.24 bits per heavy atom. The highest BCUT2D eigenvalue weighted by Gasteiger charge is 2.05. The smallest absolute Gasteiger partial charge is 0.0798 e. The maximum absolute atomic E-state index is 5.56. The number of likely N-dealkylation sites (N-methyl/N-ethyl adjacent to an activating group) is 1. The van der Waals surface area contributed by atoms with Crippen LogP contribution in [0.1, 0.15) is 33.3 Å². The molecule has 29 heavy (non-hydrogen) atoms. The van der Waals surface area contributed by atoms with Crippen molar-refractivity contribution in [2.24, 2.45) is 5.41 Å². The Kier molecular flexibility index (Phi) is 9.60.